The second-order valence-corrected chi connectivity index (χ2v) is 7.76. The third kappa shape index (κ3) is 2.95. The molecule has 0 saturated carbocycles. The highest BCUT2D eigenvalue weighted by molar-refractivity contribution is 7.98. The van der Waals surface area contributed by atoms with Crippen LogP contribution in [0.2, 0.25) is 0 Å². The predicted molar refractivity (Wildman–Crippen MR) is 99.4 cm³/mol. The molecule has 146 valence electrons. The van der Waals surface area contributed by atoms with Gasteiger partial charge < -0.3 is 4.74 Å². The molecule has 1 aromatic rings. The van der Waals surface area contributed by atoms with Crippen molar-refractivity contribution in [3.63, 3.8) is 0 Å². The third-order valence-corrected chi connectivity index (χ3v) is 6.16. The van der Waals surface area contributed by atoms with E-state index in [2.05, 4.69) is 5.32 Å². The van der Waals surface area contributed by atoms with Crippen molar-refractivity contribution in [1.82, 2.24) is 10.2 Å². The minimum atomic E-state index is -1.36. The van der Waals surface area contributed by atoms with E-state index in [0.717, 1.165) is 0 Å². The number of esters is 1. The van der Waals surface area contributed by atoms with Gasteiger partial charge >= 0.3 is 5.97 Å². The van der Waals surface area contributed by atoms with Crippen LogP contribution < -0.4 is 5.32 Å². The van der Waals surface area contributed by atoms with Crippen LogP contribution in [0.15, 0.2) is 24.3 Å². The minimum Gasteiger partial charge on any atom is -0.468 e. The maximum Gasteiger partial charge on any atom is 0.326 e. The van der Waals surface area contributed by atoms with Crippen LogP contribution in [0, 0.1) is 17.7 Å². The molecule has 6 nitrogen and oxygen atoms in total. The summed E-state index contributed by atoms with van der Waals surface area (Å²) in [6.45, 7) is 1.93. The second kappa shape index (κ2) is 7.59. The number of carbonyl (C=O) groups is 3. The average Bonchev–Trinajstić information content (AvgIpc) is 3.14. The number of halogens is 1. The van der Waals surface area contributed by atoms with Crippen LogP contribution in [0.1, 0.15) is 24.9 Å². The van der Waals surface area contributed by atoms with Crippen LogP contribution in [-0.2, 0) is 19.1 Å². The van der Waals surface area contributed by atoms with Crippen LogP contribution in [0.5, 0.6) is 0 Å². The third-order valence-electron chi connectivity index (χ3n) is 5.55. The first-order valence-electron chi connectivity index (χ1n) is 8.87. The molecule has 0 radical (unpaired) electrons. The van der Waals surface area contributed by atoms with Crippen molar-refractivity contribution in [2.45, 2.75) is 24.9 Å². The van der Waals surface area contributed by atoms with E-state index < -0.39 is 41.1 Å². The van der Waals surface area contributed by atoms with E-state index in [0.29, 0.717) is 12.2 Å². The molecular weight excluding hydrogens is 371 g/mol. The Morgan fingerprint density at radius 2 is 2.04 bits per heavy atom. The Balaban J connectivity index is 2.16. The number of hydrogen-bond acceptors (Lipinski definition) is 6. The highest BCUT2D eigenvalue weighted by Gasteiger charge is 2.68. The molecule has 2 amide bonds. The Labute approximate surface area is 161 Å². The number of ether oxygens (including phenoxy) is 1. The maximum atomic E-state index is 14.5. The SMILES string of the molecule is CCN1C(=O)[C@H]2[C@@H](C1=O)[C@@](CCSC)(C(=O)OC)N[C@H]2c1ccccc1F. The van der Waals surface area contributed by atoms with Gasteiger partial charge in [0.1, 0.15) is 11.4 Å². The molecule has 3 rings (SSSR count). The summed E-state index contributed by atoms with van der Waals surface area (Å²) in [4.78, 5) is 40.0. The number of imide groups is 1. The summed E-state index contributed by atoms with van der Waals surface area (Å²) in [5, 5.41) is 3.16. The van der Waals surface area contributed by atoms with Crippen molar-refractivity contribution >= 4 is 29.5 Å². The zero-order valence-corrected chi connectivity index (χ0v) is 16.3. The smallest absolute Gasteiger partial charge is 0.326 e. The number of amides is 2. The first-order valence-corrected chi connectivity index (χ1v) is 10.3. The Hall–Kier alpha value is -1.93. The lowest BCUT2D eigenvalue weighted by molar-refractivity contribution is -0.154. The number of rotatable bonds is 6. The molecule has 4 atom stereocenters. The van der Waals surface area contributed by atoms with Gasteiger partial charge in [-0.15, -0.1) is 0 Å². The largest absolute Gasteiger partial charge is 0.468 e. The van der Waals surface area contributed by atoms with Gasteiger partial charge in [0.05, 0.1) is 18.9 Å². The van der Waals surface area contributed by atoms with Gasteiger partial charge in [-0.3, -0.25) is 24.6 Å². The summed E-state index contributed by atoms with van der Waals surface area (Å²) < 4.78 is 19.5. The lowest BCUT2D eigenvalue weighted by atomic mass is 9.78. The fourth-order valence-corrected chi connectivity index (χ4v) is 4.86. The van der Waals surface area contributed by atoms with Crippen LogP contribution in [0.4, 0.5) is 4.39 Å². The van der Waals surface area contributed by atoms with E-state index in [9.17, 15) is 18.8 Å². The highest BCUT2D eigenvalue weighted by atomic mass is 32.2. The van der Waals surface area contributed by atoms with Crippen molar-refractivity contribution < 1.29 is 23.5 Å². The van der Waals surface area contributed by atoms with Gasteiger partial charge in [0.15, 0.2) is 0 Å². The number of likely N-dealkylation sites (tertiary alicyclic amines) is 1. The number of nitrogens with zero attached hydrogens (tertiary/aromatic N) is 1. The number of methoxy groups -OCH3 is 1. The quantitative estimate of drug-likeness (QED) is 0.585. The van der Waals surface area contributed by atoms with Gasteiger partial charge in [0, 0.05) is 18.2 Å². The lowest BCUT2D eigenvalue weighted by Gasteiger charge is -2.32. The fraction of sp³-hybridized carbons (Fsp3) is 0.526. The molecule has 1 N–H and O–H groups in total. The highest BCUT2D eigenvalue weighted by Crippen LogP contribution is 2.50. The van der Waals surface area contributed by atoms with E-state index in [4.69, 9.17) is 4.74 Å². The van der Waals surface area contributed by atoms with E-state index in [1.807, 2.05) is 6.26 Å². The summed E-state index contributed by atoms with van der Waals surface area (Å²) in [5.41, 5.74) is -1.08. The van der Waals surface area contributed by atoms with Gasteiger partial charge in [-0.25, -0.2) is 4.39 Å². The monoisotopic (exact) mass is 394 g/mol. The molecule has 27 heavy (non-hydrogen) atoms. The van der Waals surface area contributed by atoms with Gasteiger partial charge in [0.25, 0.3) is 0 Å². The van der Waals surface area contributed by atoms with E-state index in [1.54, 1.807) is 25.1 Å². The van der Waals surface area contributed by atoms with Crippen LogP contribution in [0.25, 0.3) is 0 Å². The van der Waals surface area contributed by atoms with Crippen molar-refractivity contribution in [1.29, 1.82) is 0 Å². The molecule has 2 fully saturated rings. The van der Waals surface area contributed by atoms with E-state index in [1.165, 1.54) is 29.8 Å². The van der Waals surface area contributed by atoms with Gasteiger partial charge in [-0.1, -0.05) is 18.2 Å². The normalized spacial score (nSPS) is 29.9. The number of benzene rings is 1. The standard InChI is InChI=1S/C19H23FN2O4S/c1-4-22-16(23)13-14(17(22)24)19(9-10-27-3,18(25)26-2)21-15(13)11-7-5-6-8-12(11)20/h5-8,13-15,21H,4,9-10H2,1-3H3/t13-,14-,15-,19-/m0/s1. The molecule has 2 heterocycles. The molecule has 0 aromatic heterocycles. The topological polar surface area (TPSA) is 75.7 Å². The molecule has 2 aliphatic rings. The molecule has 0 spiro atoms. The molecule has 0 bridgehead atoms. The Bertz CT molecular complexity index is 774. The number of thioether (sulfide) groups is 1. The van der Waals surface area contributed by atoms with Crippen molar-refractivity contribution in [2.24, 2.45) is 11.8 Å². The van der Waals surface area contributed by atoms with Crippen LogP contribution in [-0.4, -0.2) is 53.9 Å². The first-order chi connectivity index (χ1) is 12.9. The summed E-state index contributed by atoms with van der Waals surface area (Å²) in [6, 6.07) is 5.36. The summed E-state index contributed by atoms with van der Waals surface area (Å²) in [5.74, 6) is -3.00. The van der Waals surface area contributed by atoms with Gasteiger partial charge in [0.2, 0.25) is 11.8 Å². The number of fused-ring (bicyclic) bond motifs is 1. The molecule has 2 saturated heterocycles. The molecule has 0 aliphatic carbocycles. The zero-order valence-electron chi connectivity index (χ0n) is 15.5. The fourth-order valence-electron chi connectivity index (χ4n) is 4.33. The van der Waals surface area contributed by atoms with Crippen molar-refractivity contribution in [2.75, 3.05) is 25.7 Å². The number of hydrogen-bond donors (Lipinski definition) is 1. The number of nitrogens with one attached hydrogen (secondary N) is 1. The summed E-state index contributed by atoms with van der Waals surface area (Å²) in [6.07, 6.45) is 2.20. The summed E-state index contributed by atoms with van der Waals surface area (Å²) >= 11 is 1.53. The second-order valence-electron chi connectivity index (χ2n) is 6.77. The number of carbonyl (C=O) groups excluding carboxylic acids is 3. The van der Waals surface area contributed by atoms with E-state index in [-0.39, 0.29) is 18.0 Å². The Kier molecular flexibility index (Phi) is 5.58. The Morgan fingerprint density at radius 1 is 1.33 bits per heavy atom. The average molecular weight is 394 g/mol. The minimum absolute atomic E-state index is 0.217. The van der Waals surface area contributed by atoms with Crippen molar-refractivity contribution in [3.05, 3.63) is 35.6 Å². The van der Waals surface area contributed by atoms with Crippen LogP contribution in [0.3, 0.4) is 0 Å². The molecular formula is C19H23FN2O4S. The zero-order chi connectivity index (χ0) is 19.8. The van der Waals surface area contributed by atoms with Crippen molar-refractivity contribution in [3.8, 4) is 0 Å². The van der Waals surface area contributed by atoms with Gasteiger partial charge in [-0.2, -0.15) is 11.8 Å². The molecule has 0 unspecified atom stereocenters. The molecule has 1 aromatic carbocycles. The van der Waals surface area contributed by atoms with Crippen LogP contribution >= 0.6 is 11.8 Å². The lowest BCUT2D eigenvalue weighted by Crippen LogP contribution is -2.56. The van der Waals surface area contributed by atoms with Gasteiger partial charge in [-0.05, 0) is 31.4 Å². The molecule has 2 aliphatic heterocycles. The van der Waals surface area contributed by atoms with E-state index >= 15 is 0 Å². The maximum absolute atomic E-state index is 14.5. The Morgan fingerprint density at radius 3 is 2.63 bits per heavy atom. The summed E-state index contributed by atoms with van der Waals surface area (Å²) in [7, 11) is 1.26. The predicted octanol–water partition coefficient (Wildman–Crippen LogP) is 1.76. The molecule has 8 heteroatoms. The first kappa shape index (κ1) is 19.8.